The normalized spacial score (nSPS) is 20.6. The van der Waals surface area contributed by atoms with Crippen LogP contribution in [0.3, 0.4) is 0 Å². The molecule has 1 amide bonds. The van der Waals surface area contributed by atoms with Crippen LogP contribution >= 0.6 is 24.0 Å². The van der Waals surface area contributed by atoms with Gasteiger partial charge in [-0.05, 0) is 46.0 Å². The van der Waals surface area contributed by atoms with E-state index in [0.29, 0.717) is 45.4 Å². The van der Waals surface area contributed by atoms with E-state index >= 15 is 0 Å². The van der Waals surface area contributed by atoms with E-state index in [1.165, 1.54) is 0 Å². The molecule has 0 spiro atoms. The first-order valence-corrected chi connectivity index (χ1v) is 12.6. The predicted octanol–water partition coefficient (Wildman–Crippen LogP) is 1.27. The minimum absolute atomic E-state index is 0. The smallest absolute Gasteiger partial charge is 0.409 e. The van der Waals surface area contributed by atoms with Gasteiger partial charge < -0.3 is 25.0 Å². The van der Waals surface area contributed by atoms with Crippen molar-refractivity contribution in [3.63, 3.8) is 0 Å². The highest BCUT2D eigenvalue weighted by molar-refractivity contribution is 14.0. The number of nitrogens with one attached hydrogen (secondary N) is 3. The van der Waals surface area contributed by atoms with E-state index in [1.54, 1.807) is 11.8 Å². The van der Waals surface area contributed by atoms with Gasteiger partial charge in [0.1, 0.15) is 0 Å². The number of hydrogen-bond donors (Lipinski definition) is 3. The van der Waals surface area contributed by atoms with Crippen LogP contribution in [0.4, 0.5) is 4.79 Å². The Hall–Kier alpha value is -0.860. The van der Waals surface area contributed by atoms with Crippen molar-refractivity contribution in [2.75, 3.05) is 51.7 Å². The molecule has 0 aliphatic carbocycles. The average molecular weight is 576 g/mol. The van der Waals surface area contributed by atoms with Crippen LogP contribution in [0.15, 0.2) is 4.99 Å². The molecule has 0 radical (unpaired) electrons. The van der Waals surface area contributed by atoms with E-state index in [2.05, 4.69) is 20.3 Å². The Kier molecular flexibility index (Phi) is 13.7. The van der Waals surface area contributed by atoms with Crippen molar-refractivity contribution >= 4 is 46.1 Å². The van der Waals surface area contributed by atoms with E-state index in [-0.39, 0.29) is 54.5 Å². The van der Waals surface area contributed by atoms with Crippen molar-refractivity contribution < 1.29 is 22.7 Å². The summed E-state index contributed by atoms with van der Waals surface area (Å²) in [5.74, 6) is 0.523. The number of piperidine rings is 1. The van der Waals surface area contributed by atoms with Gasteiger partial charge in [0, 0.05) is 38.8 Å². The summed E-state index contributed by atoms with van der Waals surface area (Å²) in [5, 5.41) is 6.50. The van der Waals surface area contributed by atoms with E-state index in [0.717, 1.165) is 32.1 Å². The molecule has 182 valence electrons. The Bertz CT molecular complexity index is 650. The summed E-state index contributed by atoms with van der Waals surface area (Å²) >= 11 is 0. The largest absolute Gasteiger partial charge is 0.450 e. The molecule has 2 aliphatic rings. The second-order valence-electron chi connectivity index (χ2n) is 7.52. The summed E-state index contributed by atoms with van der Waals surface area (Å²) in [4.78, 5) is 17.9. The Balaban J connectivity index is 0.00000480. The van der Waals surface area contributed by atoms with E-state index in [4.69, 9.17) is 9.47 Å². The predicted molar refractivity (Wildman–Crippen MR) is 132 cm³/mol. The molecule has 3 N–H and O–H groups in total. The molecule has 2 fully saturated rings. The topological polar surface area (TPSA) is 121 Å². The Labute approximate surface area is 203 Å². The molecule has 0 aromatic carbocycles. The Morgan fingerprint density at radius 2 is 1.94 bits per heavy atom. The molecule has 0 saturated carbocycles. The van der Waals surface area contributed by atoms with Crippen LogP contribution in [0.25, 0.3) is 0 Å². The number of halogens is 1. The molecule has 1 unspecified atom stereocenters. The second-order valence-corrected chi connectivity index (χ2v) is 9.45. The number of guanidine groups is 1. The Morgan fingerprint density at radius 1 is 1.19 bits per heavy atom. The fourth-order valence-electron chi connectivity index (χ4n) is 3.47. The van der Waals surface area contributed by atoms with Crippen molar-refractivity contribution in [2.24, 2.45) is 4.99 Å². The number of amides is 1. The van der Waals surface area contributed by atoms with Gasteiger partial charge >= 0.3 is 6.09 Å². The first-order valence-electron chi connectivity index (χ1n) is 11.0. The molecule has 2 heterocycles. The van der Waals surface area contributed by atoms with Gasteiger partial charge in [-0.25, -0.2) is 17.9 Å². The first kappa shape index (κ1) is 28.2. The second kappa shape index (κ2) is 15.1. The van der Waals surface area contributed by atoms with Gasteiger partial charge in [-0.1, -0.05) is 0 Å². The molecule has 12 heteroatoms. The van der Waals surface area contributed by atoms with Crippen molar-refractivity contribution in [1.29, 1.82) is 0 Å². The van der Waals surface area contributed by atoms with Crippen LogP contribution < -0.4 is 15.4 Å². The molecule has 2 aliphatic heterocycles. The molecule has 0 aromatic rings. The zero-order chi connectivity index (χ0) is 21.8. The van der Waals surface area contributed by atoms with Crippen LogP contribution in [0, 0.1) is 0 Å². The van der Waals surface area contributed by atoms with Crippen molar-refractivity contribution in [1.82, 2.24) is 20.3 Å². The third-order valence-electron chi connectivity index (χ3n) is 5.14. The van der Waals surface area contributed by atoms with Crippen molar-refractivity contribution in [2.45, 2.75) is 58.1 Å². The zero-order valence-corrected chi connectivity index (χ0v) is 21.7. The fourth-order valence-corrected chi connectivity index (χ4v) is 4.39. The summed E-state index contributed by atoms with van der Waals surface area (Å²) < 4.78 is 37.7. The Morgan fingerprint density at radius 3 is 2.55 bits per heavy atom. The van der Waals surface area contributed by atoms with Gasteiger partial charge in [0.15, 0.2) is 5.96 Å². The van der Waals surface area contributed by atoms with E-state index in [1.807, 2.05) is 6.92 Å². The number of sulfonamides is 1. The number of aliphatic imine (C=N–C) groups is 1. The molecular formula is C19H38IN5O5S. The molecule has 0 aromatic heterocycles. The van der Waals surface area contributed by atoms with Crippen molar-refractivity contribution in [3.8, 4) is 0 Å². The summed E-state index contributed by atoms with van der Waals surface area (Å²) in [6.07, 6.45) is 4.27. The van der Waals surface area contributed by atoms with Crippen LogP contribution in [-0.2, 0) is 19.5 Å². The minimum Gasteiger partial charge on any atom is -0.450 e. The lowest BCUT2D eigenvalue weighted by Crippen LogP contribution is -2.50. The number of carbonyl (C=O) groups excluding carboxylic acids is 1. The maximum atomic E-state index is 12.2. The summed E-state index contributed by atoms with van der Waals surface area (Å²) in [5.41, 5.74) is 0. The maximum absolute atomic E-state index is 12.2. The summed E-state index contributed by atoms with van der Waals surface area (Å²) in [6, 6.07) is 0.173. The fraction of sp³-hybridized carbons (Fsp3) is 0.895. The highest BCUT2D eigenvalue weighted by Gasteiger charge is 2.24. The summed E-state index contributed by atoms with van der Waals surface area (Å²) in [7, 11) is -3.40. The van der Waals surface area contributed by atoms with Gasteiger partial charge in [-0.2, -0.15) is 0 Å². The number of likely N-dealkylation sites (tertiary alicyclic amines) is 1. The third kappa shape index (κ3) is 11.0. The average Bonchev–Trinajstić information content (AvgIpc) is 2.74. The van der Waals surface area contributed by atoms with Crippen LogP contribution in [0.5, 0.6) is 0 Å². The monoisotopic (exact) mass is 575 g/mol. The SMILES string of the molecule is CCNC(=NCCS(=O)(=O)NCC1CCCCO1)NC1CCN(C(=O)OCC)CC1.I. The lowest BCUT2D eigenvalue weighted by Gasteiger charge is -2.32. The van der Waals surface area contributed by atoms with Gasteiger partial charge in [-0.15, -0.1) is 24.0 Å². The van der Waals surface area contributed by atoms with Crippen molar-refractivity contribution in [3.05, 3.63) is 0 Å². The van der Waals surface area contributed by atoms with Crippen LogP contribution in [-0.4, -0.2) is 89.2 Å². The highest BCUT2D eigenvalue weighted by atomic mass is 127. The van der Waals surface area contributed by atoms with Gasteiger partial charge in [-0.3, -0.25) is 4.99 Å². The lowest BCUT2D eigenvalue weighted by atomic mass is 10.1. The summed E-state index contributed by atoms with van der Waals surface area (Å²) in [6.45, 7) is 7.24. The molecule has 10 nitrogen and oxygen atoms in total. The number of carbonyl (C=O) groups is 1. The number of nitrogens with zero attached hydrogens (tertiary/aromatic N) is 2. The molecule has 1 atom stereocenters. The number of rotatable bonds is 9. The maximum Gasteiger partial charge on any atom is 0.409 e. The standard InChI is InChI=1S/C19H37N5O5S.HI/c1-3-20-18(23-16-8-11-24(12-9-16)19(25)28-4-2)21-10-14-30(26,27)22-15-17-7-5-6-13-29-17;/h16-17,22H,3-15H2,1-2H3,(H2,20,21,23);1H. The zero-order valence-electron chi connectivity index (χ0n) is 18.6. The molecular weight excluding hydrogens is 537 g/mol. The quantitative estimate of drug-likeness (QED) is 0.215. The molecule has 31 heavy (non-hydrogen) atoms. The number of hydrogen-bond acceptors (Lipinski definition) is 6. The highest BCUT2D eigenvalue weighted by Crippen LogP contribution is 2.12. The molecule has 0 bridgehead atoms. The van der Waals surface area contributed by atoms with Gasteiger partial charge in [0.2, 0.25) is 10.0 Å². The van der Waals surface area contributed by atoms with Gasteiger partial charge in [0.25, 0.3) is 0 Å². The third-order valence-corrected chi connectivity index (χ3v) is 6.47. The lowest BCUT2D eigenvalue weighted by molar-refractivity contribution is 0.0200. The van der Waals surface area contributed by atoms with E-state index < -0.39 is 10.0 Å². The van der Waals surface area contributed by atoms with Crippen LogP contribution in [0.2, 0.25) is 0 Å². The van der Waals surface area contributed by atoms with Gasteiger partial charge in [0.05, 0.1) is 25.0 Å². The molecule has 2 saturated heterocycles. The number of ether oxygens (including phenoxy) is 2. The first-order chi connectivity index (χ1) is 14.4. The minimum atomic E-state index is -3.40. The van der Waals surface area contributed by atoms with E-state index in [9.17, 15) is 13.2 Å². The van der Waals surface area contributed by atoms with Crippen LogP contribution in [0.1, 0.15) is 46.0 Å². The molecule has 2 rings (SSSR count).